The molecule has 0 heterocycles. The Morgan fingerprint density at radius 1 is 0.375 bits per heavy atom. The molecule has 6 heteroatoms. The van der Waals surface area contributed by atoms with Crippen molar-refractivity contribution in [1.82, 2.24) is 0 Å². The van der Waals surface area contributed by atoms with Gasteiger partial charge in [-0.25, -0.2) is 0 Å². The summed E-state index contributed by atoms with van der Waals surface area (Å²) in [4.78, 5) is 0. The fourth-order valence-corrected chi connectivity index (χ4v) is 0. The lowest BCUT2D eigenvalue weighted by molar-refractivity contribution is 1.50. The predicted octanol–water partition coefficient (Wildman–Crippen LogP) is 4.73. The summed E-state index contributed by atoms with van der Waals surface area (Å²) in [5, 5.41) is 0. The second-order valence-corrected chi connectivity index (χ2v) is 0. The van der Waals surface area contributed by atoms with E-state index in [2.05, 4.69) is 0 Å². The van der Waals surface area contributed by atoms with Gasteiger partial charge in [-0.3, -0.25) is 0 Å². The van der Waals surface area contributed by atoms with E-state index in [4.69, 9.17) is 0 Å². The standard InChI is InChI=1S/C2H6.6HI/c1-2;;;;;;/h1-2H3;6*1H. The molecule has 8 heavy (non-hydrogen) atoms. The zero-order valence-electron chi connectivity index (χ0n) is 4.45. The van der Waals surface area contributed by atoms with Crippen LogP contribution in [0.25, 0.3) is 0 Å². The summed E-state index contributed by atoms with van der Waals surface area (Å²) in [5.74, 6) is 0. The zero-order chi connectivity index (χ0) is 2.00. The van der Waals surface area contributed by atoms with E-state index < -0.39 is 0 Å². The first kappa shape index (κ1) is 55.4. The summed E-state index contributed by atoms with van der Waals surface area (Å²) in [6.45, 7) is 4.00. The molecular formula is C2H12I6. The molecule has 0 atom stereocenters. The van der Waals surface area contributed by atoms with Crippen LogP contribution in [0.5, 0.6) is 0 Å². The number of hydrogen-bond donors (Lipinski definition) is 0. The third kappa shape index (κ3) is 47.6. The predicted molar refractivity (Wildman–Crippen MR) is 104 cm³/mol. The zero-order valence-corrected chi connectivity index (χ0v) is 18.4. The Morgan fingerprint density at radius 2 is 0.375 bits per heavy atom. The molecule has 0 aromatic carbocycles. The lowest BCUT2D eigenvalue weighted by Crippen LogP contribution is -0.856. The van der Waals surface area contributed by atoms with Crippen molar-refractivity contribution in [2.75, 3.05) is 0 Å². The summed E-state index contributed by atoms with van der Waals surface area (Å²) < 4.78 is 0. The van der Waals surface area contributed by atoms with E-state index in [1.165, 1.54) is 0 Å². The van der Waals surface area contributed by atoms with Crippen LogP contribution in [0.15, 0.2) is 0 Å². The number of rotatable bonds is 0. The minimum atomic E-state index is 0. The van der Waals surface area contributed by atoms with E-state index in [-0.39, 0.29) is 144 Å². The Labute approximate surface area is 154 Å². The third-order valence-corrected chi connectivity index (χ3v) is 0. The summed E-state index contributed by atoms with van der Waals surface area (Å²) in [6.07, 6.45) is 0. The fraction of sp³-hybridized carbons (Fsp3) is 1.00. The van der Waals surface area contributed by atoms with Gasteiger partial charge in [0.25, 0.3) is 0 Å². The Morgan fingerprint density at radius 3 is 0.375 bits per heavy atom. The summed E-state index contributed by atoms with van der Waals surface area (Å²) in [6, 6.07) is 0. The van der Waals surface area contributed by atoms with Gasteiger partial charge in [0.2, 0.25) is 0 Å². The van der Waals surface area contributed by atoms with Crippen LogP contribution in [-0.4, -0.2) is 0 Å². The highest BCUT2D eigenvalue weighted by atomic mass is 127. The van der Waals surface area contributed by atoms with Gasteiger partial charge in [-0.15, -0.1) is 144 Å². The lowest BCUT2D eigenvalue weighted by atomic mass is 11.0. The first-order chi connectivity index (χ1) is 1.00. The second-order valence-electron chi connectivity index (χ2n) is 0. The summed E-state index contributed by atoms with van der Waals surface area (Å²) in [7, 11) is 0. The van der Waals surface area contributed by atoms with Gasteiger partial charge in [-0.2, -0.15) is 0 Å². The largest absolute Gasteiger partial charge is 0.107 e. The molecule has 0 N–H and O–H groups in total. The summed E-state index contributed by atoms with van der Waals surface area (Å²) >= 11 is 0. The maximum Gasteiger partial charge on any atom is -0.0683 e. The molecule has 0 amide bonds. The SMILES string of the molecule is CC.I.I.I.I.I.I. The van der Waals surface area contributed by atoms with Crippen LogP contribution in [0.4, 0.5) is 0 Å². The van der Waals surface area contributed by atoms with Crippen LogP contribution < -0.4 is 0 Å². The van der Waals surface area contributed by atoms with Gasteiger partial charge in [-0.1, -0.05) is 13.8 Å². The molecule has 0 aliphatic heterocycles. The van der Waals surface area contributed by atoms with E-state index in [9.17, 15) is 0 Å². The van der Waals surface area contributed by atoms with Crippen LogP contribution in [-0.2, 0) is 0 Å². The first-order valence-electron chi connectivity index (χ1n) is 1.00. The fourth-order valence-electron chi connectivity index (χ4n) is 0. The van der Waals surface area contributed by atoms with Crippen molar-refractivity contribution in [3.63, 3.8) is 0 Å². The quantitative estimate of drug-likeness (QED) is 0.312. The average Bonchev–Trinajstić information content (AvgIpc) is 1.00. The topological polar surface area (TPSA) is 0 Å². The minimum Gasteiger partial charge on any atom is -0.107 e. The van der Waals surface area contributed by atoms with Crippen LogP contribution >= 0.6 is 144 Å². The van der Waals surface area contributed by atoms with Crippen molar-refractivity contribution < 1.29 is 0 Å². The monoisotopic (exact) mass is 798 g/mol. The molecule has 0 aliphatic rings. The minimum absolute atomic E-state index is 0. The highest BCUT2D eigenvalue weighted by Crippen LogP contribution is 1.14. The van der Waals surface area contributed by atoms with Crippen LogP contribution in [0.3, 0.4) is 0 Å². The van der Waals surface area contributed by atoms with Gasteiger partial charge >= 0.3 is 0 Å². The van der Waals surface area contributed by atoms with Crippen LogP contribution in [0.1, 0.15) is 13.8 Å². The van der Waals surface area contributed by atoms with Crippen molar-refractivity contribution in [1.29, 1.82) is 0 Å². The maximum atomic E-state index is 2.00. The molecule has 0 saturated carbocycles. The molecule has 0 saturated heterocycles. The van der Waals surface area contributed by atoms with Crippen LogP contribution in [0.2, 0.25) is 0 Å². The van der Waals surface area contributed by atoms with Crippen molar-refractivity contribution in [2.24, 2.45) is 0 Å². The number of hydrogen-bond acceptors (Lipinski definition) is 0. The van der Waals surface area contributed by atoms with E-state index in [0.29, 0.717) is 0 Å². The lowest BCUT2D eigenvalue weighted by Gasteiger charge is -1.07. The van der Waals surface area contributed by atoms with Gasteiger partial charge in [0.15, 0.2) is 0 Å². The van der Waals surface area contributed by atoms with Crippen molar-refractivity contribution in [2.45, 2.75) is 13.8 Å². The third-order valence-electron chi connectivity index (χ3n) is 0. The Balaban J connectivity index is -0.000000000333. The van der Waals surface area contributed by atoms with E-state index in [1.54, 1.807) is 0 Å². The number of halogens is 6. The van der Waals surface area contributed by atoms with E-state index in [1.807, 2.05) is 13.8 Å². The molecule has 0 fully saturated rings. The van der Waals surface area contributed by atoms with Gasteiger partial charge in [-0.05, 0) is 0 Å². The first-order valence-corrected chi connectivity index (χ1v) is 1.00. The molecular weight excluding hydrogens is 785 g/mol. The van der Waals surface area contributed by atoms with Gasteiger partial charge in [0.05, 0.1) is 0 Å². The normalized spacial score (nSPS) is 0.750. The molecule has 0 rings (SSSR count). The highest BCUT2D eigenvalue weighted by molar-refractivity contribution is 14.0. The molecule has 0 nitrogen and oxygen atoms in total. The molecule has 0 bridgehead atoms. The molecule has 0 aromatic rings. The summed E-state index contributed by atoms with van der Waals surface area (Å²) in [5.41, 5.74) is 0. The molecule has 0 unspecified atom stereocenters. The highest BCUT2D eigenvalue weighted by Gasteiger charge is 0.932. The molecule has 62 valence electrons. The Hall–Kier alpha value is 4.38. The van der Waals surface area contributed by atoms with E-state index in [0.717, 1.165) is 0 Å². The van der Waals surface area contributed by atoms with Crippen molar-refractivity contribution in [3.8, 4) is 0 Å². The average molecular weight is 798 g/mol. The second kappa shape index (κ2) is 63.9. The molecule has 0 spiro atoms. The van der Waals surface area contributed by atoms with Gasteiger partial charge in [0.1, 0.15) is 0 Å². The Bertz CT molecular complexity index is 6.49. The van der Waals surface area contributed by atoms with Crippen LogP contribution in [0, 0.1) is 0 Å². The molecule has 0 aromatic heterocycles. The van der Waals surface area contributed by atoms with E-state index >= 15 is 0 Å². The Kier molecular flexibility index (Phi) is 443. The van der Waals surface area contributed by atoms with Gasteiger partial charge < -0.3 is 0 Å². The van der Waals surface area contributed by atoms with Gasteiger partial charge in [0, 0.05) is 0 Å². The van der Waals surface area contributed by atoms with Crippen molar-refractivity contribution in [3.05, 3.63) is 0 Å². The maximum absolute atomic E-state index is 2.00. The van der Waals surface area contributed by atoms with Crippen molar-refractivity contribution >= 4 is 144 Å². The molecule has 0 radical (unpaired) electrons. The molecule has 0 aliphatic carbocycles. The smallest absolute Gasteiger partial charge is 0.0683 e.